The lowest BCUT2D eigenvalue weighted by molar-refractivity contribution is -0.114. The molecule has 0 saturated heterocycles. The predicted octanol–water partition coefficient (Wildman–Crippen LogP) is 7.44. The Balaban J connectivity index is 1.71. The van der Waals surface area contributed by atoms with E-state index in [4.69, 9.17) is 32.7 Å². The molecule has 0 atom stereocenters. The number of hydrogen-bond acceptors (Lipinski definition) is 7. The number of esters is 2. The number of thiophene rings is 1. The molecule has 0 fully saturated rings. The van der Waals surface area contributed by atoms with Gasteiger partial charge in [0.25, 0.3) is 0 Å². The number of aromatic nitrogens is 1. The highest BCUT2D eigenvalue weighted by Gasteiger charge is 2.28. The number of allylic oxidation sites excluding steroid dienone is 1. The van der Waals surface area contributed by atoms with Crippen molar-refractivity contribution in [3.05, 3.63) is 96.3 Å². The summed E-state index contributed by atoms with van der Waals surface area (Å²) in [5, 5.41) is 11.9. The maximum atomic E-state index is 13.4. The summed E-state index contributed by atoms with van der Waals surface area (Å²) >= 11 is 13.5. The second-order valence-corrected chi connectivity index (χ2v) is 11.0. The molecule has 0 bridgehead atoms. The molecule has 0 aliphatic rings. The van der Waals surface area contributed by atoms with Crippen molar-refractivity contribution in [3.8, 4) is 6.07 Å². The summed E-state index contributed by atoms with van der Waals surface area (Å²) in [6.45, 7) is 5.72. The number of carbonyl (C=O) groups excluding carboxylic acids is 3. The summed E-state index contributed by atoms with van der Waals surface area (Å²) in [6.07, 6.45) is 3.15. The molecule has 0 N–H and O–H groups in total. The number of ketones is 1. The number of fused-ring (bicyclic) bond motifs is 1. The van der Waals surface area contributed by atoms with E-state index in [1.54, 1.807) is 39.0 Å². The fourth-order valence-corrected chi connectivity index (χ4v) is 6.14. The van der Waals surface area contributed by atoms with Crippen LogP contribution in [0, 0.1) is 18.3 Å². The van der Waals surface area contributed by atoms with Gasteiger partial charge in [-0.3, -0.25) is 4.79 Å². The highest BCUT2D eigenvalue weighted by atomic mass is 35.5. The van der Waals surface area contributed by atoms with Crippen LogP contribution in [0.2, 0.25) is 10.0 Å². The number of nitriles is 1. The minimum atomic E-state index is -0.633. The van der Waals surface area contributed by atoms with Crippen LogP contribution in [0.5, 0.6) is 0 Å². The van der Waals surface area contributed by atoms with Gasteiger partial charge in [0.1, 0.15) is 10.9 Å². The fourth-order valence-electron chi connectivity index (χ4n) is 4.49. The normalized spacial score (nSPS) is 11.4. The first-order valence-corrected chi connectivity index (χ1v) is 14.4. The van der Waals surface area contributed by atoms with Crippen molar-refractivity contribution in [2.45, 2.75) is 33.7 Å². The van der Waals surface area contributed by atoms with Crippen LogP contribution in [-0.2, 0) is 27.2 Å². The summed E-state index contributed by atoms with van der Waals surface area (Å²) in [4.78, 5) is 39.2. The predicted molar refractivity (Wildman–Crippen MR) is 161 cm³/mol. The molecule has 2 heterocycles. The van der Waals surface area contributed by atoms with E-state index in [1.165, 1.54) is 0 Å². The van der Waals surface area contributed by atoms with Crippen LogP contribution in [-0.4, -0.2) is 35.5 Å². The molecule has 0 unspecified atom stereocenters. The number of halogens is 2. The summed E-state index contributed by atoms with van der Waals surface area (Å²) in [5.41, 5.74) is 2.89. The molecule has 7 nitrogen and oxygen atoms in total. The highest BCUT2D eigenvalue weighted by molar-refractivity contribution is 7.14. The molecule has 0 saturated carbocycles. The molecule has 4 rings (SSSR count). The Morgan fingerprint density at radius 2 is 1.76 bits per heavy atom. The van der Waals surface area contributed by atoms with E-state index in [0.717, 1.165) is 27.8 Å². The Morgan fingerprint density at radius 1 is 1.05 bits per heavy atom. The molecule has 0 amide bonds. The first-order valence-electron chi connectivity index (χ1n) is 12.8. The van der Waals surface area contributed by atoms with Crippen LogP contribution in [0.1, 0.15) is 55.4 Å². The third kappa shape index (κ3) is 6.54. The van der Waals surface area contributed by atoms with E-state index >= 15 is 0 Å². The first kappa shape index (κ1) is 30.1. The quantitative estimate of drug-likeness (QED) is 0.105. The third-order valence-corrected chi connectivity index (χ3v) is 8.24. The van der Waals surface area contributed by atoms with Crippen LogP contribution in [0.4, 0.5) is 0 Å². The molecule has 0 spiro atoms. The second-order valence-electron chi connectivity index (χ2n) is 9.03. The van der Waals surface area contributed by atoms with E-state index in [1.807, 2.05) is 47.2 Å². The monoisotopic (exact) mass is 608 g/mol. The molecule has 0 aliphatic heterocycles. The minimum absolute atomic E-state index is 0.0871. The van der Waals surface area contributed by atoms with Crippen LogP contribution < -0.4 is 0 Å². The summed E-state index contributed by atoms with van der Waals surface area (Å²) in [5.74, 6) is -1.71. The molecule has 4 aromatic rings. The molecule has 2 aromatic heterocycles. The van der Waals surface area contributed by atoms with Crippen LogP contribution in [0.15, 0.2) is 54.2 Å². The third-order valence-electron chi connectivity index (χ3n) is 6.38. The van der Waals surface area contributed by atoms with E-state index in [9.17, 15) is 19.6 Å². The van der Waals surface area contributed by atoms with Gasteiger partial charge in [-0.2, -0.15) is 5.26 Å². The first-order chi connectivity index (χ1) is 19.7. The largest absolute Gasteiger partial charge is 0.462 e. The Kier molecular flexibility index (Phi) is 9.66. The van der Waals surface area contributed by atoms with Crippen molar-refractivity contribution >= 4 is 69.2 Å². The Morgan fingerprint density at radius 3 is 2.44 bits per heavy atom. The lowest BCUT2D eigenvalue weighted by Crippen LogP contribution is -2.12. The molecule has 10 heteroatoms. The Bertz CT molecular complexity index is 1730. The fraction of sp³-hybridized carbons (Fsp3) is 0.226. The maximum absolute atomic E-state index is 13.4. The van der Waals surface area contributed by atoms with Gasteiger partial charge in [0, 0.05) is 50.6 Å². The number of benzene rings is 2. The lowest BCUT2D eigenvalue weighted by atomic mass is 10.0. The summed E-state index contributed by atoms with van der Waals surface area (Å²) in [6, 6.07) is 15.0. The van der Waals surface area contributed by atoms with Gasteiger partial charge in [-0.1, -0.05) is 47.5 Å². The number of ether oxygens (including phenoxy) is 2. The van der Waals surface area contributed by atoms with E-state index in [-0.39, 0.29) is 35.6 Å². The average molecular weight is 610 g/mol. The topological polar surface area (TPSA) is 98.4 Å². The standard InChI is InChI=1S/C31H26Cl2N2O5S/c1-4-39-30(37)28-18(3)29(31(38)40-5-2)41-27(28)14-26(36)20(15-34)12-21-17-35(25-9-7-6-8-23(21)25)16-19-10-11-22(32)13-24(19)33/h6-13,17H,4-5,14,16H2,1-3H3. The Labute approximate surface area is 251 Å². The second kappa shape index (κ2) is 13.2. The van der Waals surface area contributed by atoms with Crippen LogP contribution in [0.3, 0.4) is 0 Å². The van der Waals surface area contributed by atoms with Gasteiger partial charge in [-0.25, -0.2) is 9.59 Å². The molecular weight excluding hydrogens is 583 g/mol. The SMILES string of the molecule is CCOC(=O)c1sc(CC(=O)C(C#N)=Cc2cn(Cc3ccc(Cl)cc3Cl)c3ccccc23)c(C(=O)OCC)c1C. The van der Waals surface area contributed by atoms with Crippen LogP contribution >= 0.6 is 34.5 Å². The number of Topliss-reactive ketones (excluding diaryl/α,β-unsaturated/α-hetero) is 1. The molecule has 2 aromatic carbocycles. The van der Waals surface area contributed by atoms with Gasteiger partial charge >= 0.3 is 11.9 Å². The smallest absolute Gasteiger partial charge is 0.348 e. The highest BCUT2D eigenvalue weighted by Crippen LogP contribution is 2.32. The summed E-state index contributed by atoms with van der Waals surface area (Å²) < 4.78 is 12.3. The van der Waals surface area contributed by atoms with Crippen molar-refractivity contribution < 1.29 is 23.9 Å². The molecule has 41 heavy (non-hydrogen) atoms. The molecule has 210 valence electrons. The number of rotatable bonds is 10. The molecule has 0 radical (unpaired) electrons. The van der Waals surface area contributed by atoms with Gasteiger partial charge in [0.05, 0.1) is 24.4 Å². The van der Waals surface area contributed by atoms with Gasteiger partial charge in [-0.15, -0.1) is 11.3 Å². The average Bonchev–Trinajstić information content (AvgIpc) is 3.45. The Hall–Kier alpha value is -3.90. The van der Waals surface area contributed by atoms with Crippen molar-refractivity contribution in [1.29, 1.82) is 5.26 Å². The number of nitrogens with zero attached hydrogens (tertiary/aromatic N) is 2. The van der Waals surface area contributed by atoms with Gasteiger partial charge < -0.3 is 14.0 Å². The lowest BCUT2D eigenvalue weighted by Gasteiger charge is -2.08. The summed E-state index contributed by atoms with van der Waals surface area (Å²) in [7, 11) is 0. The van der Waals surface area contributed by atoms with Crippen molar-refractivity contribution in [1.82, 2.24) is 4.57 Å². The van der Waals surface area contributed by atoms with Crippen molar-refractivity contribution in [2.24, 2.45) is 0 Å². The van der Waals surface area contributed by atoms with E-state index in [0.29, 0.717) is 32.6 Å². The van der Waals surface area contributed by atoms with Crippen molar-refractivity contribution in [3.63, 3.8) is 0 Å². The van der Waals surface area contributed by atoms with E-state index in [2.05, 4.69) is 0 Å². The zero-order chi connectivity index (χ0) is 29.7. The van der Waals surface area contributed by atoms with E-state index < -0.39 is 17.7 Å². The number of para-hydroxylation sites is 1. The zero-order valence-corrected chi connectivity index (χ0v) is 25.0. The number of carbonyl (C=O) groups is 3. The zero-order valence-electron chi connectivity index (χ0n) is 22.6. The number of hydrogen-bond donors (Lipinski definition) is 0. The minimum Gasteiger partial charge on any atom is -0.462 e. The van der Waals surface area contributed by atoms with Gasteiger partial charge in [0.2, 0.25) is 0 Å². The van der Waals surface area contributed by atoms with Crippen molar-refractivity contribution in [2.75, 3.05) is 13.2 Å². The van der Waals surface area contributed by atoms with Gasteiger partial charge in [-0.05, 0) is 56.2 Å². The molecular formula is C31H26Cl2N2O5S. The maximum Gasteiger partial charge on any atom is 0.348 e. The van der Waals surface area contributed by atoms with Crippen LogP contribution in [0.25, 0.3) is 17.0 Å². The molecule has 0 aliphatic carbocycles. The van der Waals surface area contributed by atoms with Gasteiger partial charge in [0.15, 0.2) is 5.78 Å².